The van der Waals surface area contributed by atoms with Crippen molar-refractivity contribution < 1.29 is 27.2 Å². The largest absolute Gasteiger partial charge is 0.433 e. The molecule has 0 radical (unpaired) electrons. The first kappa shape index (κ1) is 20.3. The fourth-order valence-corrected chi connectivity index (χ4v) is 4.53. The predicted octanol–water partition coefficient (Wildman–Crippen LogP) is 4.17. The molecule has 2 N–H and O–H groups in total. The lowest BCUT2D eigenvalue weighted by atomic mass is 9.36. The number of carbonyl (C=O) groups excluding carboxylic acids is 2. The number of amides is 2. The number of aromatic nitrogens is 1. The highest BCUT2D eigenvalue weighted by Crippen LogP contribution is 2.70. The van der Waals surface area contributed by atoms with Gasteiger partial charge in [-0.3, -0.25) is 14.6 Å². The number of carbonyl (C=O) groups is 2. The van der Waals surface area contributed by atoms with Crippen molar-refractivity contribution in [1.82, 2.24) is 10.3 Å². The van der Waals surface area contributed by atoms with Crippen molar-refractivity contribution >= 4 is 17.5 Å². The minimum atomic E-state index is -4.56. The Labute approximate surface area is 169 Å². The number of hydrogen-bond donors (Lipinski definition) is 2. The summed E-state index contributed by atoms with van der Waals surface area (Å²) in [5.74, 6) is -1.34. The van der Waals surface area contributed by atoms with Gasteiger partial charge in [0.2, 0.25) is 5.91 Å². The van der Waals surface area contributed by atoms with Crippen molar-refractivity contribution in [2.45, 2.75) is 37.9 Å². The Kier molecular flexibility index (Phi) is 4.59. The van der Waals surface area contributed by atoms with E-state index in [1.165, 1.54) is 24.3 Å². The standard InChI is InChI=1S/C21H19F4N3O2/c1-12(17(29)27-15-5-3-14(22)4-6-15)19-9-20(10-19,11-19)28-18(30)13-2-7-16(26-8-13)21(23,24)25/h2-8,12H,9-11H2,1H3,(H,27,29)(H,28,30). The molecule has 3 saturated carbocycles. The molecule has 30 heavy (non-hydrogen) atoms. The number of nitrogens with zero attached hydrogens (tertiary/aromatic N) is 1. The fraction of sp³-hybridized carbons (Fsp3) is 0.381. The number of anilines is 1. The van der Waals surface area contributed by atoms with E-state index in [0.29, 0.717) is 24.9 Å². The van der Waals surface area contributed by atoms with E-state index < -0.39 is 23.3 Å². The van der Waals surface area contributed by atoms with Gasteiger partial charge in [-0.15, -0.1) is 0 Å². The summed E-state index contributed by atoms with van der Waals surface area (Å²) in [6.07, 6.45) is -1.77. The number of benzene rings is 1. The third-order valence-corrected chi connectivity index (χ3v) is 6.19. The highest BCUT2D eigenvalue weighted by Gasteiger charge is 2.71. The van der Waals surface area contributed by atoms with E-state index in [-0.39, 0.29) is 28.6 Å². The molecule has 2 amide bonds. The topological polar surface area (TPSA) is 71.1 Å². The molecule has 0 saturated heterocycles. The molecule has 5 rings (SSSR count). The van der Waals surface area contributed by atoms with Gasteiger partial charge in [0, 0.05) is 23.3 Å². The van der Waals surface area contributed by atoms with E-state index in [2.05, 4.69) is 15.6 Å². The van der Waals surface area contributed by atoms with Crippen LogP contribution in [0.5, 0.6) is 0 Å². The number of rotatable bonds is 5. The minimum Gasteiger partial charge on any atom is -0.346 e. The van der Waals surface area contributed by atoms with Crippen LogP contribution < -0.4 is 10.6 Å². The van der Waals surface area contributed by atoms with Crippen LogP contribution in [0.2, 0.25) is 0 Å². The zero-order valence-electron chi connectivity index (χ0n) is 16.0. The lowest BCUT2D eigenvalue weighted by molar-refractivity contribution is -0.184. The monoisotopic (exact) mass is 421 g/mol. The quantitative estimate of drug-likeness (QED) is 0.712. The summed E-state index contributed by atoms with van der Waals surface area (Å²) in [6, 6.07) is 7.39. The van der Waals surface area contributed by atoms with E-state index >= 15 is 0 Å². The fourth-order valence-electron chi connectivity index (χ4n) is 4.53. The molecule has 1 atom stereocenters. The van der Waals surface area contributed by atoms with Gasteiger partial charge in [0.25, 0.3) is 5.91 Å². The van der Waals surface area contributed by atoms with E-state index in [1.807, 2.05) is 6.92 Å². The lowest BCUT2D eigenvalue weighted by Crippen LogP contribution is -2.77. The maximum atomic E-state index is 13.0. The Morgan fingerprint density at radius 2 is 1.70 bits per heavy atom. The van der Waals surface area contributed by atoms with Gasteiger partial charge in [-0.05, 0) is 61.1 Å². The van der Waals surface area contributed by atoms with Crippen molar-refractivity contribution in [3.05, 3.63) is 59.7 Å². The average molecular weight is 421 g/mol. The molecule has 1 aromatic heterocycles. The molecule has 158 valence electrons. The normalized spacial score (nSPS) is 25.5. The first-order chi connectivity index (χ1) is 14.0. The Hall–Kier alpha value is -2.97. The van der Waals surface area contributed by atoms with Crippen LogP contribution in [-0.2, 0) is 11.0 Å². The van der Waals surface area contributed by atoms with Crippen LogP contribution in [0.1, 0.15) is 42.2 Å². The Balaban J connectivity index is 1.32. The number of halogens is 4. The Morgan fingerprint density at radius 3 is 2.23 bits per heavy atom. The van der Waals surface area contributed by atoms with Crippen molar-refractivity contribution in [2.75, 3.05) is 5.32 Å². The molecule has 3 fully saturated rings. The molecule has 2 aromatic rings. The summed E-state index contributed by atoms with van der Waals surface area (Å²) >= 11 is 0. The minimum absolute atomic E-state index is 0.0591. The summed E-state index contributed by atoms with van der Waals surface area (Å²) in [4.78, 5) is 28.2. The first-order valence-electron chi connectivity index (χ1n) is 9.44. The molecule has 3 aliphatic rings. The number of pyridine rings is 1. The molecule has 0 aliphatic heterocycles. The molecule has 2 bridgehead atoms. The van der Waals surface area contributed by atoms with Gasteiger partial charge in [0.05, 0.1) is 5.56 Å². The Bertz CT molecular complexity index is 967. The lowest BCUT2D eigenvalue weighted by Gasteiger charge is -2.72. The van der Waals surface area contributed by atoms with E-state index in [1.54, 1.807) is 0 Å². The van der Waals surface area contributed by atoms with Crippen LogP contribution in [0, 0.1) is 17.2 Å². The number of nitrogens with one attached hydrogen (secondary N) is 2. The second-order valence-electron chi connectivity index (χ2n) is 8.27. The SMILES string of the molecule is CC(C(=O)Nc1ccc(F)cc1)C12CC(NC(=O)c3ccc(C(F)(F)F)nc3)(C1)C2. The molecule has 9 heteroatoms. The van der Waals surface area contributed by atoms with Crippen molar-refractivity contribution in [3.63, 3.8) is 0 Å². The predicted molar refractivity (Wildman–Crippen MR) is 99.9 cm³/mol. The molecule has 1 heterocycles. The summed E-state index contributed by atoms with van der Waals surface area (Å²) < 4.78 is 50.7. The highest BCUT2D eigenvalue weighted by atomic mass is 19.4. The summed E-state index contributed by atoms with van der Waals surface area (Å²) in [5, 5.41) is 5.65. The third kappa shape index (κ3) is 3.53. The van der Waals surface area contributed by atoms with Crippen LogP contribution in [-0.4, -0.2) is 22.3 Å². The molecule has 1 aromatic carbocycles. The average Bonchev–Trinajstić information content (AvgIpc) is 2.64. The van der Waals surface area contributed by atoms with Gasteiger partial charge in [0.1, 0.15) is 11.5 Å². The van der Waals surface area contributed by atoms with Crippen molar-refractivity contribution in [3.8, 4) is 0 Å². The number of hydrogen-bond acceptors (Lipinski definition) is 3. The second kappa shape index (κ2) is 6.78. The van der Waals surface area contributed by atoms with Crippen molar-refractivity contribution in [1.29, 1.82) is 0 Å². The first-order valence-corrected chi connectivity index (χ1v) is 9.44. The van der Waals surface area contributed by atoms with E-state index in [4.69, 9.17) is 0 Å². The third-order valence-electron chi connectivity index (χ3n) is 6.19. The molecule has 0 spiro atoms. The summed E-state index contributed by atoms with van der Waals surface area (Å²) in [7, 11) is 0. The smallest absolute Gasteiger partial charge is 0.346 e. The van der Waals surface area contributed by atoms with E-state index in [0.717, 1.165) is 18.3 Å². The molecule has 3 aliphatic carbocycles. The van der Waals surface area contributed by atoms with Crippen LogP contribution in [0.3, 0.4) is 0 Å². The van der Waals surface area contributed by atoms with Gasteiger partial charge in [-0.1, -0.05) is 6.92 Å². The highest BCUT2D eigenvalue weighted by molar-refractivity contribution is 5.95. The van der Waals surface area contributed by atoms with Crippen LogP contribution >= 0.6 is 0 Å². The van der Waals surface area contributed by atoms with Crippen LogP contribution in [0.25, 0.3) is 0 Å². The van der Waals surface area contributed by atoms with Gasteiger partial charge >= 0.3 is 6.18 Å². The zero-order chi connectivity index (χ0) is 21.7. The van der Waals surface area contributed by atoms with Gasteiger partial charge in [0.15, 0.2) is 0 Å². The van der Waals surface area contributed by atoms with Gasteiger partial charge in [-0.25, -0.2) is 4.39 Å². The van der Waals surface area contributed by atoms with E-state index in [9.17, 15) is 27.2 Å². The van der Waals surface area contributed by atoms with Gasteiger partial charge in [-0.2, -0.15) is 13.2 Å². The summed E-state index contributed by atoms with van der Waals surface area (Å²) in [5.41, 5.74) is -1.12. The van der Waals surface area contributed by atoms with Crippen molar-refractivity contribution in [2.24, 2.45) is 11.3 Å². The maximum absolute atomic E-state index is 13.0. The second-order valence-corrected chi connectivity index (χ2v) is 8.27. The summed E-state index contributed by atoms with van der Waals surface area (Å²) in [6.45, 7) is 1.82. The van der Waals surface area contributed by atoms with Gasteiger partial charge < -0.3 is 10.6 Å². The van der Waals surface area contributed by atoms with Crippen LogP contribution in [0.4, 0.5) is 23.2 Å². The molecular formula is C21H19F4N3O2. The molecular weight excluding hydrogens is 402 g/mol. The van der Waals surface area contributed by atoms with Crippen LogP contribution in [0.15, 0.2) is 42.6 Å². The number of alkyl halides is 3. The molecule has 1 unspecified atom stereocenters. The maximum Gasteiger partial charge on any atom is 0.433 e. The molecule has 5 nitrogen and oxygen atoms in total. The zero-order valence-corrected chi connectivity index (χ0v) is 16.0. The Morgan fingerprint density at radius 1 is 1.07 bits per heavy atom.